The van der Waals surface area contributed by atoms with Crippen LogP contribution < -0.4 is 24.8 Å². The normalized spacial score (nSPS) is 14.1. The van der Waals surface area contributed by atoms with Crippen LogP contribution in [-0.2, 0) is 111 Å². The number of nitrogens with zero attached hydrogens (tertiary/aromatic N) is 2. The molecule has 0 heterocycles. The van der Waals surface area contributed by atoms with Crippen LogP contribution in [0.4, 0.5) is 9.59 Å². The van der Waals surface area contributed by atoms with Gasteiger partial charge in [-0.3, -0.25) is 28.8 Å². The monoisotopic (exact) mass is 1340 g/mol. The van der Waals surface area contributed by atoms with E-state index in [0.29, 0.717) is 40.5 Å². The predicted octanol–water partition coefficient (Wildman–Crippen LogP) is -2.11. The molecule has 0 spiro atoms. The summed E-state index contributed by atoms with van der Waals surface area (Å²) in [4.78, 5) is 140. The van der Waals surface area contributed by atoms with Gasteiger partial charge in [0.15, 0.2) is 18.3 Å². The van der Waals surface area contributed by atoms with Crippen molar-refractivity contribution in [2.45, 2.75) is 100 Å². The Balaban J connectivity index is -0.00000260. The van der Waals surface area contributed by atoms with Gasteiger partial charge in [0.25, 0.3) is 0 Å². The third-order valence-corrected chi connectivity index (χ3v) is 11.1. The van der Waals surface area contributed by atoms with Crippen LogP contribution >= 0.6 is 54.0 Å². The van der Waals surface area contributed by atoms with Crippen molar-refractivity contribution in [2.24, 2.45) is 22.2 Å². The van der Waals surface area contributed by atoms with E-state index in [1.54, 1.807) is 30.3 Å². The molecule has 0 amide bonds. The van der Waals surface area contributed by atoms with Crippen LogP contribution in [0.5, 0.6) is 0 Å². The summed E-state index contributed by atoms with van der Waals surface area (Å²) in [6, 6.07) is 8.47. The number of carbonyl (C=O) groups is 11. The SMILES string of the molecule is CC(=O)O[C@@H](C)C(=O)OC[C@@H](C)C(=O)OCC(C)(COC(=O)OCC(C)(COC(=O)OCC(C)(COC(=O)[C@H](C)OC(=O)[C@H](C)OC(C)=O)C(=O)OCCC[N+](C)(C)C)C(=O)OCc1ccccc1)C(=O)OCCC[N+](C)(C)C.S.S.S.S.[Cl-].[Cl-]. The molecule has 494 valence electrons. The average Bonchev–Trinajstić information content (AvgIpc) is 3.36. The highest BCUT2D eigenvalue weighted by atomic mass is 35.5. The first kappa shape index (κ1) is 91.1. The van der Waals surface area contributed by atoms with Gasteiger partial charge >= 0.3 is 66.0 Å². The van der Waals surface area contributed by atoms with Gasteiger partial charge in [0.1, 0.15) is 69.1 Å². The smallest absolute Gasteiger partial charge is 0.508 e. The lowest BCUT2D eigenvalue weighted by Gasteiger charge is -2.29. The number of carbonyl (C=O) groups excluding carboxylic acids is 11. The molecule has 0 aromatic heterocycles. The molecule has 0 saturated carbocycles. The van der Waals surface area contributed by atoms with Crippen molar-refractivity contribution < 1.29 is 148 Å². The number of rotatable bonds is 34. The molecule has 0 bridgehead atoms. The summed E-state index contributed by atoms with van der Waals surface area (Å²) in [5, 5.41) is 0. The second kappa shape index (κ2) is 43.5. The van der Waals surface area contributed by atoms with Crippen LogP contribution in [-0.4, -0.2) is 208 Å². The second-order valence-electron chi connectivity index (χ2n) is 21.7. The standard InChI is InChI=1S/C53H82N2O24.2ClH.4H2S/c1-35(27-69-43(59)36(2)77-39(5)56)42(58)71-29-51(7,46(62)67-25-19-23-54(10,11)12)31-73-49(65)75-33-53(9,48(64)70-28-41-21-17-16-18-22-41)34-76-50(66)74-32-52(8,47(63)68-26-20-24-55(13,14)15)30-72-44(60)37(3)79-45(61)38(4)78-40(6)57;;;;;;/h16-18,21-22,35-38H,19-20,23-34H2,1-15H3;2*1H;4*1H2/q+2;;;;;;/p-2/t35-,36+,37+,38+,51?,52?,53?;;;;;;/m1....../s1. The molecule has 85 heavy (non-hydrogen) atoms. The lowest BCUT2D eigenvalue weighted by atomic mass is 9.93. The number of benzene rings is 1. The fourth-order valence-electron chi connectivity index (χ4n) is 6.11. The van der Waals surface area contributed by atoms with Crippen LogP contribution in [0, 0.1) is 22.2 Å². The van der Waals surface area contributed by atoms with E-state index < -0.39 is 153 Å². The molecule has 0 saturated heterocycles. The Morgan fingerprint density at radius 2 is 0.741 bits per heavy atom. The lowest BCUT2D eigenvalue weighted by molar-refractivity contribution is -0.870. The van der Waals surface area contributed by atoms with Gasteiger partial charge in [-0.2, -0.15) is 54.0 Å². The van der Waals surface area contributed by atoms with Crippen LogP contribution in [0.1, 0.15) is 80.7 Å². The van der Waals surface area contributed by atoms with E-state index in [4.69, 9.17) is 61.6 Å². The average molecular weight is 1340 g/mol. The Morgan fingerprint density at radius 3 is 1.11 bits per heavy atom. The predicted molar refractivity (Wildman–Crippen MR) is 314 cm³/mol. The van der Waals surface area contributed by atoms with Gasteiger partial charge < -0.3 is 95.4 Å². The third-order valence-electron chi connectivity index (χ3n) is 11.1. The van der Waals surface area contributed by atoms with E-state index in [1.807, 2.05) is 42.3 Å². The summed E-state index contributed by atoms with van der Waals surface area (Å²) in [7, 11) is 11.6. The zero-order chi connectivity index (χ0) is 60.4. The lowest BCUT2D eigenvalue weighted by Crippen LogP contribution is -3.00. The van der Waals surface area contributed by atoms with Crippen molar-refractivity contribution in [3.63, 3.8) is 0 Å². The van der Waals surface area contributed by atoms with Gasteiger partial charge in [-0.05, 0) is 54.0 Å². The molecule has 1 aromatic rings. The number of quaternary nitrogens is 2. The highest BCUT2D eigenvalue weighted by Crippen LogP contribution is 2.26. The highest BCUT2D eigenvalue weighted by molar-refractivity contribution is 7.59. The van der Waals surface area contributed by atoms with E-state index in [2.05, 4.69) is 0 Å². The molecule has 3 unspecified atom stereocenters. The maximum Gasteiger partial charge on any atom is 0.508 e. The molecule has 26 nitrogen and oxygen atoms in total. The van der Waals surface area contributed by atoms with E-state index in [-0.39, 0.29) is 98.6 Å². The maximum absolute atomic E-state index is 13.8. The Labute approximate surface area is 538 Å². The van der Waals surface area contributed by atoms with Crippen LogP contribution in [0.15, 0.2) is 30.3 Å². The van der Waals surface area contributed by atoms with Crippen LogP contribution in [0.2, 0.25) is 0 Å². The molecule has 0 radical (unpaired) electrons. The fourth-order valence-corrected chi connectivity index (χ4v) is 6.11. The van der Waals surface area contributed by atoms with Crippen molar-refractivity contribution in [3.8, 4) is 0 Å². The van der Waals surface area contributed by atoms with Crippen molar-refractivity contribution >= 4 is 120 Å². The molecule has 0 aliphatic carbocycles. The summed E-state index contributed by atoms with van der Waals surface area (Å²) < 4.78 is 69.2. The molecule has 0 fully saturated rings. The minimum absolute atomic E-state index is 0. The number of esters is 9. The molecule has 32 heteroatoms. The zero-order valence-electron chi connectivity index (χ0n) is 51.0. The van der Waals surface area contributed by atoms with E-state index in [9.17, 15) is 52.7 Å². The quantitative estimate of drug-likeness (QED) is 0.0309. The van der Waals surface area contributed by atoms with Crippen molar-refractivity contribution in [2.75, 3.05) is 115 Å². The zero-order valence-corrected chi connectivity index (χ0v) is 56.6. The first-order valence-electron chi connectivity index (χ1n) is 25.3. The van der Waals surface area contributed by atoms with E-state index in [0.717, 1.165) is 13.8 Å². The van der Waals surface area contributed by atoms with Crippen LogP contribution in [0.25, 0.3) is 0 Å². The molecule has 1 rings (SSSR count). The summed E-state index contributed by atoms with van der Waals surface area (Å²) in [6.45, 7) is 6.60. The fraction of sp³-hybridized carbons (Fsp3) is 0.679. The Hall–Kier alpha value is -5.11. The first-order valence-corrected chi connectivity index (χ1v) is 25.3. The highest BCUT2D eigenvalue weighted by Gasteiger charge is 2.43. The third kappa shape index (κ3) is 37.9. The maximum atomic E-state index is 13.8. The topological polar surface area (TPSA) is 308 Å². The molecular formula is C53H90Cl2N2O24S4. The summed E-state index contributed by atoms with van der Waals surface area (Å²) in [6.07, 6.45) is -6.14. The molecular weight excluding hydrogens is 1250 g/mol. The largest absolute Gasteiger partial charge is 1.00 e. The van der Waals surface area contributed by atoms with Gasteiger partial charge in [-0.15, -0.1) is 0 Å². The number of hydrogen-bond donors (Lipinski definition) is 0. The van der Waals surface area contributed by atoms with Gasteiger partial charge in [0, 0.05) is 26.7 Å². The van der Waals surface area contributed by atoms with Gasteiger partial charge in [-0.25, -0.2) is 24.0 Å². The van der Waals surface area contributed by atoms with Crippen LogP contribution in [0.3, 0.4) is 0 Å². The minimum atomic E-state index is -1.99. The Bertz CT molecular complexity index is 2260. The van der Waals surface area contributed by atoms with Gasteiger partial charge in [0.2, 0.25) is 0 Å². The van der Waals surface area contributed by atoms with Crippen molar-refractivity contribution in [1.82, 2.24) is 0 Å². The number of halogens is 2. The van der Waals surface area contributed by atoms with E-state index in [1.165, 1.54) is 48.5 Å². The number of hydrogen-bond acceptors (Lipinski definition) is 24. The van der Waals surface area contributed by atoms with Gasteiger partial charge in [-0.1, -0.05) is 30.3 Å². The molecule has 0 N–H and O–H groups in total. The Kier molecular flexibility index (Phi) is 46.6. The van der Waals surface area contributed by atoms with E-state index >= 15 is 0 Å². The minimum Gasteiger partial charge on any atom is -1.00 e. The summed E-state index contributed by atoms with van der Waals surface area (Å²) >= 11 is 0. The molecule has 0 aliphatic heterocycles. The van der Waals surface area contributed by atoms with Gasteiger partial charge in [0.05, 0.1) is 74.5 Å². The molecule has 7 atom stereocenters. The molecule has 0 aliphatic rings. The van der Waals surface area contributed by atoms with Crippen molar-refractivity contribution in [3.05, 3.63) is 35.9 Å². The second-order valence-corrected chi connectivity index (χ2v) is 21.7. The molecule has 1 aromatic carbocycles. The summed E-state index contributed by atoms with van der Waals surface area (Å²) in [5.74, 6) is -9.46. The summed E-state index contributed by atoms with van der Waals surface area (Å²) in [5.41, 5.74) is -5.16. The number of ether oxygens (including phenoxy) is 13. The Morgan fingerprint density at radius 1 is 0.424 bits per heavy atom. The first-order chi connectivity index (χ1) is 36.5. The van der Waals surface area contributed by atoms with Crippen molar-refractivity contribution in [1.29, 1.82) is 0 Å².